The van der Waals surface area contributed by atoms with E-state index in [1.165, 1.54) is 32.1 Å². The maximum atomic E-state index is 6.32. The van der Waals surface area contributed by atoms with E-state index in [9.17, 15) is 0 Å². The first-order chi connectivity index (χ1) is 8.34. The molecule has 1 aliphatic rings. The van der Waals surface area contributed by atoms with E-state index < -0.39 is 0 Å². The number of hydrogen-bond acceptors (Lipinski definition) is 3. The van der Waals surface area contributed by atoms with E-state index >= 15 is 0 Å². The summed E-state index contributed by atoms with van der Waals surface area (Å²) >= 11 is 0. The molecule has 1 heterocycles. The Bertz CT molecular complexity index is 394. The quantitative estimate of drug-likeness (QED) is 0.897. The van der Waals surface area contributed by atoms with Crippen molar-refractivity contribution in [3.05, 3.63) is 12.2 Å². The molecule has 2 rings (SSSR count). The van der Waals surface area contributed by atoms with E-state index in [0.717, 1.165) is 5.82 Å². The van der Waals surface area contributed by atoms with Crippen LogP contribution in [0.1, 0.15) is 71.7 Å². The first-order valence-corrected chi connectivity index (χ1v) is 7.03. The molecular weight excluding hydrogens is 224 g/mol. The largest absolute Gasteiger partial charge is 0.325 e. The molecule has 1 aromatic heterocycles. The molecule has 0 spiro atoms. The zero-order chi connectivity index (χ0) is 13.4. The van der Waals surface area contributed by atoms with Gasteiger partial charge in [-0.3, -0.25) is 0 Å². The summed E-state index contributed by atoms with van der Waals surface area (Å²) in [4.78, 5) is 0. The fourth-order valence-corrected chi connectivity index (χ4v) is 2.60. The van der Waals surface area contributed by atoms with E-state index in [1.807, 2.05) is 6.33 Å². The van der Waals surface area contributed by atoms with Gasteiger partial charge in [0.2, 0.25) is 0 Å². The number of aromatic nitrogens is 3. The minimum Gasteiger partial charge on any atom is -0.325 e. The average molecular weight is 250 g/mol. The van der Waals surface area contributed by atoms with Crippen LogP contribution in [0.3, 0.4) is 0 Å². The molecule has 0 aliphatic heterocycles. The van der Waals surface area contributed by atoms with Gasteiger partial charge in [0.1, 0.15) is 12.2 Å². The second-order valence-electron chi connectivity index (χ2n) is 6.70. The smallest absolute Gasteiger partial charge is 0.140 e. The molecule has 0 amide bonds. The molecule has 18 heavy (non-hydrogen) atoms. The van der Waals surface area contributed by atoms with Crippen molar-refractivity contribution in [2.75, 3.05) is 0 Å². The molecule has 0 radical (unpaired) electrons. The molecule has 0 atom stereocenters. The van der Waals surface area contributed by atoms with Crippen LogP contribution >= 0.6 is 0 Å². The van der Waals surface area contributed by atoms with Crippen LogP contribution in [-0.4, -0.2) is 20.3 Å². The van der Waals surface area contributed by atoms with Crippen molar-refractivity contribution in [1.82, 2.24) is 14.8 Å². The van der Waals surface area contributed by atoms with Crippen LogP contribution in [0.4, 0.5) is 0 Å². The molecule has 0 unspecified atom stereocenters. The average Bonchev–Trinajstić information content (AvgIpc) is 2.78. The number of rotatable bonds is 3. The van der Waals surface area contributed by atoms with Gasteiger partial charge in [0, 0.05) is 17.0 Å². The standard InChI is InChI=1S/C14H26N4/c1-13(2,14(3,4)15)12-17-16-10-18(12)11-8-6-5-7-9-11/h10-11H,5-9,15H2,1-4H3. The SMILES string of the molecule is CC(C)(N)C(C)(C)c1nncn1C1CCCCC1. The lowest BCUT2D eigenvalue weighted by Gasteiger charge is -2.39. The van der Waals surface area contributed by atoms with Crippen molar-refractivity contribution in [3.8, 4) is 0 Å². The highest BCUT2D eigenvalue weighted by Crippen LogP contribution is 2.36. The van der Waals surface area contributed by atoms with Crippen LogP contribution in [-0.2, 0) is 5.41 Å². The minimum atomic E-state index is -0.313. The van der Waals surface area contributed by atoms with E-state index in [2.05, 4.69) is 42.5 Å². The molecule has 4 nitrogen and oxygen atoms in total. The van der Waals surface area contributed by atoms with Gasteiger partial charge in [0.15, 0.2) is 0 Å². The topological polar surface area (TPSA) is 56.7 Å². The Balaban J connectivity index is 2.32. The lowest BCUT2D eigenvalue weighted by Crippen LogP contribution is -2.51. The highest BCUT2D eigenvalue weighted by molar-refractivity contribution is 5.14. The Morgan fingerprint density at radius 2 is 1.78 bits per heavy atom. The van der Waals surface area contributed by atoms with Crippen LogP contribution < -0.4 is 5.73 Å². The third-order valence-corrected chi connectivity index (χ3v) is 4.71. The van der Waals surface area contributed by atoms with Crippen LogP contribution in [0.25, 0.3) is 0 Å². The second kappa shape index (κ2) is 4.65. The van der Waals surface area contributed by atoms with Crippen LogP contribution in [0.5, 0.6) is 0 Å². The number of nitrogens with zero attached hydrogens (tertiary/aromatic N) is 3. The van der Waals surface area contributed by atoms with Gasteiger partial charge in [-0.05, 0) is 26.7 Å². The third-order valence-electron chi connectivity index (χ3n) is 4.71. The van der Waals surface area contributed by atoms with Crippen LogP contribution in [0, 0.1) is 0 Å². The summed E-state index contributed by atoms with van der Waals surface area (Å²) in [6, 6.07) is 0.561. The Morgan fingerprint density at radius 3 is 2.33 bits per heavy atom. The molecule has 0 bridgehead atoms. The monoisotopic (exact) mass is 250 g/mol. The van der Waals surface area contributed by atoms with Crippen LogP contribution in [0.2, 0.25) is 0 Å². The Labute approximate surface area is 110 Å². The van der Waals surface area contributed by atoms with Gasteiger partial charge in [-0.1, -0.05) is 33.1 Å². The molecule has 1 aliphatic carbocycles. The van der Waals surface area contributed by atoms with E-state index in [-0.39, 0.29) is 11.0 Å². The predicted octanol–water partition coefficient (Wildman–Crippen LogP) is 2.80. The molecule has 0 aromatic carbocycles. The molecule has 102 valence electrons. The van der Waals surface area contributed by atoms with Gasteiger partial charge in [0.25, 0.3) is 0 Å². The fraction of sp³-hybridized carbons (Fsp3) is 0.857. The summed E-state index contributed by atoms with van der Waals surface area (Å²) in [6.45, 7) is 8.45. The van der Waals surface area contributed by atoms with E-state index in [1.54, 1.807) is 0 Å². The maximum absolute atomic E-state index is 6.32. The Hall–Kier alpha value is -0.900. The van der Waals surface area contributed by atoms with Gasteiger partial charge in [-0.25, -0.2) is 0 Å². The van der Waals surface area contributed by atoms with E-state index in [4.69, 9.17) is 5.73 Å². The number of nitrogens with two attached hydrogens (primary N) is 1. The molecule has 0 saturated heterocycles. The zero-order valence-electron chi connectivity index (χ0n) is 12.1. The molecule has 2 N–H and O–H groups in total. The van der Waals surface area contributed by atoms with Crippen molar-refractivity contribution in [3.63, 3.8) is 0 Å². The third kappa shape index (κ3) is 2.30. The highest BCUT2D eigenvalue weighted by atomic mass is 15.3. The van der Waals surface area contributed by atoms with Crippen molar-refractivity contribution < 1.29 is 0 Å². The summed E-state index contributed by atoms with van der Waals surface area (Å²) < 4.78 is 2.27. The summed E-state index contributed by atoms with van der Waals surface area (Å²) in [6.07, 6.45) is 8.36. The minimum absolute atomic E-state index is 0.180. The molecular formula is C14H26N4. The van der Waals surface area contributed by atoms with Gasteiger partial charge in [0.05, 0.1) is 0 Å². The first kappa shape index (κ1) is 13.5. The van der Waals surface area contributed by atoms with Gasteiger partial charge >= 0.3 is 0 Å². The van der Waals surface area contributed by atoms with Gasteiger partial charge in [-0.2, -0.15) is 0 Å². The summed E-state index contributed by atoms with van der Waals surface area (Å²) in [5.41, 5.74) is 5.83. The lowest BCUT2D eigenvalue weighted by atomic mass is 9.74. The summed E-state index contributed by atoms with van der Waals surface area (Å²) in [7, 11) is 0. The highest BCUT2D eigenvalue weighted by Gasteiger charge is 2.40. The Kier molecular flexibility index (Phi) is 3.49. The van der Waals surface area contributed by atoms with Gasteiger partial charge in [-0.15, -0.1) is 10.2 Å². The fourth-order valence-electron chi connectivity index (χ4n) is 2.60. The van der Waals surface area contributed by atoms with Crippen molar-refractivity contribution in [2.45, 2.75) is 76.8 Å². The zero-order valence-corrected chi connectivity index (χ0v) is 12.1. The lowest BCUT2D eigenvalue weighted by molar-refractivity contribution is 0.259. The van der Waals surface area contributed by atoms with Crippen molar-refractivity contribution in [2.24, 2.45) is 5.73 Å². The molecule has 1 aromatic rings. The molecule has 1 saturated carbocycles. The first-order valence-electron chi connectivity index (χ1n) is 7.03. The van der Waals surface area contributed by atoms with Crippen molar-refractivity contribution in [1.29, 1.82) is 0 Å². The molecule has 1 fully saturated rings. The normalized spacial score (nSPS) is 19.2. The second-order valence-corrected chi connectivity index (χ2v) is 6.70. The molecule has 4 heteroatoms. The Morgan fingerprint density at radius 1 is 1.17 bits per heavy atom. The number of hydrogen-bond donors (Lipinski definition) is 1. The van der Waals surface area contributed by atoms with E-state index in [0.29, 0.717) is 6.04 Å². The summed E-state index contributed by atoms with van der Waals surface area (Å²) in [5, 5.41) is 8.50. The summed E-state index contributed by atoms with van der Waals surface area (Å²) in [5.74, 6) is 1.03. The van der Waals surface area contributed by atoms with Crippen molar-refractivity contribution >= 4 is 0 Å². The predicted molar refractivity (Wildman–Crippen MR) is 73.4 cm³/mol. The van der Waals surface area contributed by atoms with Gasteiger partial charge < -0.3 is 10.3 Å². The maximum Gasteiger partial charge on any atom is 0.140 e. The van der Waals surface area contributed by atoms with Crippen LogP contribution in [0.15, 0.2) is 6.33 Å².